The van der Waals surface area contributed by atoms with Crippen molar-refractivity contribution in [1.82, 2.24) is 25.2 Å². The largest absolute Gasteiger partial charge is 0.385 e. The van der Waals surface area contributed by atoms with E-state index in [1.165, 1.54) is 0 Å². The molecule has 2 heterocycles. The average molecular weight is 259 g/mol. The minimum atomic E-state index is -2.19. The Morgan fingerprint density at radius 2 is 2.11 bits per heavy atom. The van der Waals surface area contributed by atoms with Crippen LogP contribution in [0.1, 0.15) is 18.2 Å². The molecular formula is C9H8F3N5O. The van der Waals surface area contributed by atoms with Crippen molar-refractivity contribution in [3.8, 4) is 0 Å². The number of aromatic nitrogens is 5. The third-order valence-electron chi connectivity index (χ3n) is 2.22. The number of tetrazole rings is 1. The van der Waals surface area contributed by atoms with E-state index in [0.29, 0.717) is 4.68 Å². The summed E-state index contributed by atoms with van der Waals surface area (Å²) in [5.41, 5.74) is -0.404. The Kier molecular flexibility index (Phi) is 3.51. The van der Waals surface area contributed by atoms with Crippen LogP contribution in [0.15, 0.2) is 24.7 Å². The first-order valence-corrected chi connectivity index (χ1v) is 4.89. The van der Waals surface area contributed by atoms with Crippen molar-refractivity contribution in [3.63, 3.8) is 0 Å². The molecule has 0 aliphatic rings. The Bertz CT molecular complexity index is 509. The molecule has 0 bridgehead atoms. The smallest absolute Gasteiger partial charge is 0.224 e. The summed E-state index contributed by atoms with van der Waals surface area (Å²) < 4.78 is 40.8. The highest BCUT2D eigenvalue weighted by Gasteiger charge is 2.32. The number of nitrogens with zero attached hydrogens (tertiary/aromatic N) is 5. The van der Waals surface area contributed by atoms with Gasteiger partial charge in [0.05, 0.1) is 5.69 Å². The highest BCUT2D eigenvalue weighted by molar-refractivity contribution is 5.10. The zero-order valence-corrected chi connectivity index (χ0v) is 8.86. The molecule has 0 saturated heterocycles. The molecule has 3 atom stereocenters. The van der Waals surface area contributed by atoms with Gasteiger partial charge in [-0.05, 0) is 22.6 Å². The minimum Gasteiger partial charge on any atom is -0.385 e. The van der Waals surface area contributed by atoms with E-state index in [1.807, 2.05) is 0 Å². The predicted octanol–water partition coefficient (Wildman–Crippen LogP) is 0.747. The molecule has 0 aliphatic heterocycles. The van der Waals surface area contributed by atoms with Crippen LogP contribution in [0.25, 0.3) is 0 Å². The second kappa shape index (κ2) is 5.08. The topological polar surface area (TPSA) is 76.7 Å². The van der Waals surface area contributed by atoms with Crippen LogP contribution in [0.4, 0.5) is 13.2 Å². The lowest BCUT2D eigenvalue weighted by molar-refractivity contribution is -0.0295. The van der Waals surface area contributed by atoms with Gasteiger partial charge in [0.2, 0.25) is 6.30 Å². The number of alkyl halides is 2. The summed E-state index contributed by atoms with van der Waals surface area (Å²) in [5.74, 6) is -0.729. The van der Waals surface area contributed by atoms with Gasteiger partial charge in [0.15, 0.2) is 6.17 Å². The van der Waals surface area contributed by atoms with Gasteiger partial charge in [-0.2, -0.15) is 4.68 Å². The van der Waals surface area contributed by atoms with Gasteiger partial charge in [0.25, 0.3) is 0 Å². The van der Waals surface area contributed by atoms with Crippen molar-refractivity contribution >= 4 is 0 Å². The summed E-state index contributed by atoms with van der Waals surface area (Å²) in [5, 5.41) is 19.0. The molecule has 2 aromatic heterocycles. The van der Waals surface area contributed by atoms with Crippen molar-refractivity contribution in [1.29, 1.82) is 0 Å². The van der Waals surface area contributed by atoms with Crippen LogP contribution in [0.3, 0.4) is 0 Å². The minimum absolute atomic E-state index is 0.404. The lowest BCUT2D eigenvalue weighted by atomic mass is 10.1. The molecule has 0 saturated carbocycles. The number of pyridine rings is 1. The summed E-state index contributed by atoms with van der Waals surface area (Å²) >= 11 is 0. The quantitative estimate of drug-likeness (QED) is 0.876. The van der Waals surface area contributed by atoms with Gasteiger partial charge in [0.1, 0.15) is 18.2 Å². The number of hydrogen-bond acceptors (Lipinski definition) is 5. The first-order chi connectivity index (χ1) is 8.59. The first kappa shape index (κ1) is 12.4. The highest BCUT2D eigenvalue weighted by atomic mass is 19.2. The highest BCUT2D eigenvalue weighted by Crippen LogP contribution is 2.27. The summed E-state index contributed by atoms with van der Waals surface area (Å²) in [4.78, 5) is 3.52. The molecule has 0 aromatic carbocycles. The van der Waals surface area contributed by atoms with Gasteiger partial charge in [-0.25, -0.2) is 13.2 Å². The standard InChI is InChI=1S/C9H8F3N5O/c10-5-1-2-13-6(3-5)7(11)8(18)9(12)17-4-14-15-16-17/h1-4,7-9,18H. The molecule has 2 aromatic rings. The normalized spacial score (nSPS) is 16.2. The number of rotatable bonds is 4. The third-order valence-corrected chi connectivity index (χ3v) is 2.22. The van der Waals surface area contributed by atoms with Crippen molar-refractivity contribution in [3.05, 3.63) is 36.2 Å². The summed E-state index contributed by atoms with van der Waals surface area (Å²) in [6.07, 6.45) is -4.57. The molecule has 2 rings (SSSR count). The molecule has 0 spiro atoms. The zero-order chi connectivity index (χ0) is 13.1. The van der Waals surface area contributed by atoms with Gasteiger partial charge in [-0.3, -0.25) is 4.98 Å². The number of aliphatic hydroxyl groups excluding tert-OH is 1. The van der Waals surface area contributed by atoms with Crippen LogP contribution in [0.5, 0.6) is 0 Å². The Morgan fingerprint density at radius 1 is 1.33 bits per heavy atom. The molecule has 0 amide bonds. The van der Waals surface area contributed by atoms with E-state index in [0.717, 1.165) is 24.7 Å². The fourth-order valence-electron chi connectivity index (χ4n) is 1.32. The first-order valence-electron chi connectivity index (χ1n) is 4.89. The maximum Gasteiger partial charge on any atom is 0.224 e. The Hall–Kier alpha value is -2.03. The van der Waals surface area contributed by atoms with E-state index in [4.69, 9.17) is 0 Å². The predicted molar refractivity (Wildman–Crippen MR) is 52.0 cm³/mol. The van der Waals surface area contributed by atoms with Crippen LogP contribution in [0, 0.1) is 5.82 Å². The summed E-state index contributed by atoms with van der Waals surface area (Å²) in [6, 6.07) is 1.79. The summed E-state index contributed by atoms with van der Waals surface area (Å²) in [7, 11) is 0. The molecule has 0 fully saturated rings. The lowest BCUT2D eigenvalue weighted by Crippen LogP contribution is -2.26. The molecule has 1 N–H and O–H groups in total. The van der Waals surface area contributed by atoms with Crippen LogP contribution >= 0.6 is 0 Å². The SMILES string of the molecule is OC(C(F)c1cc(F)ccn1)C(F)n1cnnn1. The number of hydrogen-bond donors (Lipinski definition) is 1. The fraction of sp³-hybridized carbons (Fsp3) is 0.333. The van der Waals surface area contributed by atoms with Crippen molar-refractivity contribution in [2.45, 2.75) is 18.6 Å². The number of halogens is 3. The van der Waals surface area contributed by atoms with Gasteiger partial charge >= 0.3 is 0 Å². The average Bonchev–Trinajstić information content (AvgIpc) is 2.90. The third kappa shape index (κ3) is 2.45. The maximum absolute atomic E-state index is 13.7. The molecule has 9 heteroatoms. The van der Waals surface area contributed by atoms with Crippen molar-refractivity contribution < 1.29 is 18.3 Å². The van der Waals surface area contributed by atoms with Crippen LogP contribution < -0.4 is 0 Å². The summed E-state index contributed by atoms with van der Waals surface area (Å²) in [6.45, 7) is 0. The molecule has 96 valence electrons. The monoisotopic (exact) mass is 259 g/mol. The van der Waals surface area contributed by atoms with Crippen LogP contribution in [-0.4, -0.2) is 36.4 Å². The van der Waals surface area contributed by atoms with E-state index in [9.17, 15) is 18.3 Å². The van der Waals surface area contributed by atoms with E-state index in [-0.39, 0.29) is 0 Å². The molecule has 0 aliphatic carbocycles. The molecule has 0 radical (unpaired) electrons. The molecule has 18 heavy (non-hydrogen) atoms. The fourth-order valence-corrected chi connectivity index (χ4v) is 1.32. The van der Waals surface area contributed by atoms with Crippen molar-refractivity contribution in [2.75, 3.05) is 0 Å². The van der Waals surface area contributed by atoms with Crippen LogP contribution in [-0.2, 0) is 0 Å². The van der Waals surface area contributed by atoms with E-state index >= 15 is 0 Å². The maximum atomic E-state index is 13.7. The van der Waals surface area contributed by atoms with Gasteiger partial charge in [0, 0.05) is 6.20 Å². The van der Waals surface area contributed by atoms with Gasteiger partial charge in [-0.15, -0.1) is 5.10 Å². The second-order valence-electron chi connectivity index (χ2n) is 3.45. The molecular weight excluding hydrogens is 251 g/mol. The Labute approximate surface area is 99.1 Å². The molecule has 6 nitrogen and oxygen atoms in total. The van der Waals surface area contributed by atoms with E-state index in [2.05, 4.69) is 20.5 Å². The second-order valence-corrected chi connectivity index (χ2v) is 3.45. The Morgan fingerprint density at radius 3 is 2.72 bits per heavy atom. The van der Waals surface area contributed by atoms with Crippen molar-refractivity contribution in [2.24, 2.45) is 0 Å². The van der Waals surface area contributed by atoms with Crippen LogP contribution in [0.2, 0.25) is 0 Å². The van der Waals surface area contributed by atoms with Gasteiger partial charge < -0.3 is 5.11 Å². The zero-order valence-electron chi connectivity index (χ0n) is 8.86. The Balaban J connectivity index is 2.16. The van der Waals surface area contributed by atoms with E-state index < -0.39 is 30.1 Å². The molecule has 3 unspecified atom stereocenters. The number of aliphatic hydroxyl groups is 1. The van der Waals surface area contributed by atoms with E-state index in [1.54, 1.807) is 0 Å². The lowest BCUT2D eigenvalue weighted by Gasteiger charge is -2.18. The van der Waals surface area contributed by atoms with Gasteiger partial charge in [-0.1, -0.05) is 0 Å².